The Morgan fingerprint density at radius 3 is 2.95 bits per heavy atom. The Balaban J connectivity index is 1.76. The summed E-state index contributed by atoms with van der Waals surface area (Å²) in [5, 5.41) is 3.46. The summed E-state index contributed by atoms with van der Waals surface area (Å²) >= 11 is 0. The predicted molar refractivity (Wildman–Crippen MR) is 85.2 cm³/mol. The number of carbonyl (C=O) groups is 1. The molecule has 4 nitrogen and oxygen atoms in total. The Bertz CT molecular complexity index is 316. The van der Waals surface area contributed by atoms with Crippen LogP contribution < -0.4 is 5.32 Å². The Morgan fingerprint density at radius 1 is 1.38 bits per heavy atom. The number of nitrogens with zero attached hydrogens (tertiary/aromatic N) is 1. The lowest BCUT2D eigenvalue weighted by Gasteiger charge is -2.34. The quantitative estimate of drug-likeness (QED) is 0.817. The maximum atomic E-state index is 12.5. The van der Waals surface area contributed by atoms with Crippen molar-refractivity contribution in [2.45, 2.75) is 46.0 Å². The molecular weight excluding hydrogens is 264 g/mol. The first-order valence-electron chi connectivity index (χ1n) is 8.77. The molecule has 2 aliphatic heterocycles. The maximum Gasteiger partial charge on any atom is 0.222 e. The van der Waals surface area contributed by atoms with Gasteiger partial charge in [-0.1, -0.05) is 6.92 Å². The number of nitrogens with one attached hydrogen (secondary N) is 1. The summed E-state index contributed by atoms with van der Waals surface area (Å²) in [5.41, 5.74) is 0. The van der Waals surface area contributed by atoms with Crippen LogP contribution in [0, 0.1) is 17.8 Å². The molecule has 1 N–H and O–H groups in total. The van der Waals surface area contributed by atoms with Gasteiger partial charge in [-0.15, -0.1) is 0 Å². The molecule has 0 aromatic rings. The van der Waals surface area contributed by atoms with Gasteiger partial charge in [0, 0.05) is 26.1 Å². The van der Waals surface area contributed by atoms with Crippen molar-refractivity contribution in [1.29, 1.82) is 0 Å². The molecule has 122 valence electrons. The maximum absolute atomic E-state index is 12.5. The van der Waals surface area contributed by atoms with E-state index in [1.54, 1.807) is 0 Å². The summed E-state index contributed by atoms with van der Waals surface area (Å²) in [5.74, 6) is 2.06. The second-order valence-electron chi connectivity index (χ2n) is 6.80. The monoisotopic (exact) mass is 296 g/mol. The molecule has 2 saturated heterocycles. The van der Waals surface area contributed by atoms with E-state index in [1.807, 2.05) is 6.92 Å². The van der Waals surface area contributed by atoms with Gasteiger partial charge in [0.1, 0.15) is 0 Å². The molecular formula is C17H32N2O2. The van der Waals surface area contributed by atoms with Crippen molar-refractivity contribution < 1.29 is 9.53 Å². The van der Waals surface area contributed by atoms with Gasteiger partial charge >= 0.3 is 0 Å². The van der Waals surface area contributed by atoms with Crippen molar-refractivity contribution in [3.8, 4) is 0 Å². The third kappa shape index (κ3) is 5.26. The van der Waals surface area contributed by atoms with Crippen LogP contribution in [0.5, 0.6) is 0 Å². The summed E-state index contributed by atoms with van der Waals surface area (Å²) in [4.78, 5) is 14.6. The molecule has 2 rings (SSSR count). The SMILES string of the molecule is CCOCC1CCCN(C(=O)CC(C)C2CCCNC2)C1. The molecule has 0 aliphatic carbocycles. The molecule has 1 amide bonds. The Labute approximate surface area is 129 Å². The second kappa shape index (κ2) is 8.74. The number of amides is 1. The van der Waals surface area contributed by atoms with Crippen LogP contribution in [-0.2, 0) is 9.53 Å². The van der Waals surface area contributed by atoms with Gasteiger partial charge in [-0.05, 0) is 63.5 Å². The van der Waals surface area contributed by atoms with Gasteiger partial charge in [0.2, 0.25) is 5.91 Å². The number of carbonyl (C=O) groups excluding carboxylic acids is 1. The summed E-state index contributed by atoms with van der Waals surface area (Å²) in [7, 11) is 0. The molecule has 21 heavy (non-hydrogen) atoms. The lowest BCUT2D eigenvalue weighted by molar-refractivity contribution is -0.134. The fraction of sp³-hybridized carbons (Fsp3) is 0.941. The van der Waals surface area contributed by atoms with Crippen molar-refractivity contribution in [1.82, 2.24) is 10.2 Å². The third-order valence-corrected chi connectivity index (χ3v) is 5.07. The average molecular weight is 296 g/mol. The normalized spacial score (nSPS) is 28.4. The highest BCUT2D eigenvalue weighted by Crippen LogP contribution is 2.25. The first-order valence-corrected chi connectivity index (χ1v) is 8.77. The summed E-state index contributed by atoms with van der Waals surface area (Å²) in [6, 6.07) is 0. The van der Waals surface area contributed by atoms with Crippen LogP contribution in [0.1, 0.15) is 46.0 Å². The Kier molecular flexibility index (Phi) is 6.97. The first kappa shape index (κ1) is 16.8. The van der Waals surface area contributed by atoms with Crippen LogP contribution in [0.2, 0.25) is 0 Å². The number of hydrogen-bond acceptors (Lipinski definition) is 3. The number of ether oxygens (including phenoxy) is 1. The molecule has 4 heteroatoms. The van der Waals surface area contributed by atoms with Crippen LogP contribution in [-0.4, -0.2) is 50.2 Å². The van der Waals surface area contributed by atoms with E-state index >= 15 is 0 Å². The molecule has 0 aromatic carbocycles. The molecule has 3 atom stereocenters. The zero-order chi connectivity index (χ0) is 15.1. The zero-order valence-corrected chi connectivity index (χ0v) is 13.8. The van der Waals surface area contributed by atoms with Gasteiger partial charge in [0.25, 0.3) is 0 Å². The molecule has 3 unspecified atom stereocenters. The molecule has 2 heterocycles. The Hall–Kier alpha value is -0.610. The second-order valence-corrected chi connectivity index (χ2v) is 6.80. The minimum absolute atomic E-state index is 0.356. The topological polar surface area (TPSA) is 41.6 Å². The summed E-state index contributed by atoms with van der Waals surface area (Å²) in [6.45, 7) is 9.93. The number of likely N-dealkylation sites (tertiary alicyclic amines) is 1. The summed E-state index contributed by atoms with van der Waals surface area (Å²) < 4.78 is 5.53. The molecule has 2 aliphatic rings. The first-order chi connectivity index (χ1) is 10.2. The minimum atomic E-state index is 0.356. The largest absolute Gasteiger partial charge is 0.381 e. The van der Waals surface area contributed by atoms with Crippen molar-refractivity contribution in [3.05, 3.63) is 0 Å². The van der Waals surface area contributed by atoms with E-state index in [2.05, 4.69) is 17.1 Å². The number of rotatable bonds is 6. The van der Waals surface area contributed by atoms with Crippen molar-refractivity contribution >= 4 is 5.91 Å². The number of hydrogen-bond donors (Lipinski definition) is 1. The lowest BCUT2D eigenvalue weighted by atomic mass is 9.85. The fourth-order valence-corrected chi connectivity index (χ4v) is 3.65. The molecule has 0 radical (unpaired) electrons. The minimum Gasteiger partial charge on any atom is -0.381 e. The Morgan fingerprint density at radius 2 is 2.24 bits per heavy atom. The van der Waals surface area contributed by atoms with E-state index in [9.17, 15) is 4.79 Å². The van der Waals surface area contributed by atoms with Gasteiger partial charge in [0.15, 0.2) is 0 Å². The van der Waals surface area contributed by atoms with Crippen LogP contribution in [0.4, 0.5) is 0 Å². The van der Waals surface area contributed by atoms with E-state index < -0.39 is 0 Å². The van der Waals surface area contributed by atoms with Gasteiger partial charge < -0.3 is 15.0 Å². The predicted octanol–water partition coefficient (Wildman–Crippen LogP) is 2.29. The van der Waals surface area contributed by atoms with Crippen molar-refractivity contribution in [2.75, 3.05) is 39.4 Å². The summed E-state index contributed by atoms with van der Waals surface area (Å²) in [6.07, 6.45) is 5.57. The van der Waals surface area contributed by atoms with E-state index in [-0.39, 0.29) is 0 Å². The lowest BCUT2D eigenvalue weighted by Crippen LogP contribution is -2.42. The van der Waals surface area contributed by atoms with E-state index in [0.29, 0.717) is 30.1 Å². The highest BCUT2D eigenvalue weighted by molar-refractivity contribution is 5.76. The van der Waals surface area contributed by atoms with Gasteiger partial charge in [0.05, 0.1) is 6.61 Å². The van der Waals surface area contributed by atoms with Gasteiger partial charge in [-0.3, -0.25) is 4.79 Å². The van der Waals surface area contributed by atoms with Crippen LogP contribution in [0.3, 0.4) is 0 Å². The zero-order valence-electron chi connectivity index (χ0n) is 13.8. The van der Waals surface area contributed by atoms with E-state index in [1.165, 1.54) is 19.3 Å². The van der Waals surface area contributed by atoms with Gasteiger partial charge in [-0.2, -0.15) is 0 Å². The molecule has 0 bridgehead atoms. The van der Waals surface area contributed by atoms with Crippen LogP contribution in [0.15, 0.2) is 0 Å². The van der Waals surface area contributed by atoms with Crippen molar-refractivity contribution in [2.24, 2.45) is 17.8 Å². The number of piperidine rings is 2. The standard InChI is InChI=1S/C17H32N2O2/c1-3-21-13-15-6-5-9-19(12-15)17(20)10-14(2)16-7-4-8-18-11-16/h14-16,18H,3-13H2,1-2H3. The highest BCUT2D eigenvalue weighted by atomic mass is 16.5. The molecule has 0 spiro atoms. The van der Waals surface area contributed by atoms with E-state index in [4.69, 9.17) is 4.74 Å². The average Bonchev–Trinajstić information content (AvgIpc) is 2.54. The van der Waals surface area contributed by atoms with Crippen molar-refractivity contribution in [3.63, 3.8) is 0 Å². The molecule has 2 fully saturated rings. The van der Waals surface area contributed by atoms with Crippen LogP contribution >= 0.6 is 0 Å². The van der Waals surface area contributed by atoms with Gasteiger partial charge in [-0.25, -0.2) is 0 Å². The molecule has 0 aromatic heterocycles. The fourth-order valence-electron chi connectivity index (χ4n) is 3.65. The molecule has 0 saturated carbocycles. The smallest absolute Gasteiger partial charge is 0.222 e. The highest BCUT2D eigenvalue weighted by Gasteiger charge is 2.27. The third-order valence-electron chi connectivity index (χ3n) is 5.07. The van der Waals surface area contributed by atoms with E-state index in [0.717, 1.165) is 45.8 Å². The van der Waals surface area contributed by atoms with Crippen LogP contribution in [0.25, 0.3) is 0 Å².